The average molecular weight is 476 g/mol. The van der Waals surface area contributed by atoms with Crippen LogP contribution in [-0.2, 0) is 5.41 Å². The molecular formula is C26H18F6O2. The average Bonchev–Trinajstić information content (AvgIpc) is 2.84. The Bertz CT molecular complexity index is 1140. The van der Waals surface area contributed by atoms with Crippen LogP contribution in [-0.4, -0.2) is 0 Å². The van der Waals surface area contributed by atoms with E-state index in [1.807, 2.05) is 31.2 Å². The molecule has 0 bridgehead atoms. The van der Waals surface area contributed by atoms with E-state index in [0.717, 1.165) is 11.1 Å². The minimum absolute atomic E-state index is 0.127. The molecule has 0 saturated heterocycles. The quantitative estimate of drug-likeness (QED) is 0.184. The van der Waals surface area contributed by atoms with Crippen molar-refractivity contribution in [3.8, 4) is 11.5 Å². The maximum atomic E-state index is 13.1. The van der Waals surface area contributed by atoms with E-state index in [0.29, 0.717) is 11.1 Å². The van der Waals surface area contributed by atoms with Gasteiger partial charge in [-0.15, -0.1) is 0 Å². The number of halogens is 6. The topological polar surface area (TPSA) is 18.5 Å². The van der Waals surface area contributed by atoms with E-state index >= 15 is 0 Å². The molecule has 8 heteroatoms. The van der Waals surface area contributed by atoms with Gasteiger partial charge in [-0.25, -0.2) is 0 Å². The minimum Gasteiger partial charge on any atom is -0.428 e. The molecule has 0 atom stereocenters. The van der Waals surface area contributed by atoms with Gasteiger partial charge >= 0.3 is 24.2 Å². The maximum absolute atomic E-state index is 13.1. The van der Waals surface area contributed by atoms with E-state index in [4.69, 9.17) is 0 Å². The molecule has 0 spiro atoms. The summed E-state index contributed by atoms with van der Waals surface area (Å²) in [6, 6.07) is 15.2. The van der Waals surface area contributed by atoms with Crippen LogP contribution in [0.3, 0.4) is 0 Å². The molecule has 0 aliphatic heterocycles. The van der Waals surface area contributed by atoms with Crippen LogP contribution in [0.5, 0.6) is 11.5 Å². The van der Waals surface area contributed by atoms with Gasteiger partial charge in [-0.05, 0) is 53.4 Å². The molecule has 0 aliphatic carbocycles. The summed E-state index contributed by atoms with van der Waals surface area (Å²) in [4.78, 5) is 0. The Kier molecular flexibility index (Phi) is 7.50. The Balaban J connectivity index is 2.05. The first-order valence-electron chi connectivity index (χ1n) is 9.86. The lowest BCUT2D eigenvalue weighted by molar-refractivity contribution is 0.241. The standard InChI is InChI=1S/C26H18F6O2/c1-3-16-4-6-17(7-5-16)26(2,18-8-12-20(13-9-18)33-24(31)22(27)28)19-10-14-21(15-11-19)34-25(32)23(29)30/h3-15H,1H2,2H3. The van der Waals surface area contributed by atoms with Crippen molar-refractivity contribution in [2.45, 2.75) is 12.3 Å². The second kappa shape index (κ2) is 10.3. The largest absolute Gasteiger partial charge is 0.428 e. The highest BCUT2D eigenvalue weighted by atomic mass is 19.3. The number of hydrogen-bond donors (Lipinski definition) is 0. The predicted molar refractivity (Wildman–Crippen MR) is 117 cm³/mol. The molecule has 0 aromatic heterocycles. The lowest BCUT2D eigenvalue weighted by atomic mass is 9.71. The number of hydrogen-bond acceptors (Lipinski definition) is 2. The normalized spacial score (nSPS) is 10.9. The Morgan fingerprint density at radius 3 is 1.24 bits per heavy atom. The smallest absolute Gasteiger partial charge is 0.344 e. The van der Waals surface area contributed by atoms with E-state index in [1.165, 1.54) is 24.3 Å². The summed E-state index contributed by atoms with van der Waals surface area (Å²) in [6.07, 6.45) is -3.47. The van der Waals surface area contributed by atoms with Crippen molar-refractivity contribution in [2.24, 2.45) is 0 Å². The van der Waals surface area contributed by atoms with E-state index in [2.05, 4.69) is 16.1 Å². The van der Waals surface area contributed by atoms with Crippen LogP contribution in [0.4, 0.5) is 26.3 Å². The summed E-state index contributed by atoms with van der Waals surface area (Å²) >= 11 is 0. The molecule has 0 saturated carbocycles. The Labute approximate surface area is 192 Å². The molecule has 0 radical (unpaired) electrons. The highest BCUT2D eigenvalue weighted by molar-refractivity contribution is 5.54. The zero-order valence-electron chi connectivity index (χ0n) is 17.8. The second-order valence-electron chi connectivity index (χ2n) is 7.27. The Hall–Kier alpha value is -3.94. The second-order valence-corrected chi connectivity index (χ2v) is 7.27. The van der Waals surface area contributed by atoms with Crippen LogP contribution < -0.4 is 9.47 Å². The zero-order chi connectivity index (χ0) is 24.9. The van der Waals surface area contributed by atoms with Gasteiger partial charge in [0.2, 0.25) is 0 Å². The molecule has 0 N–H and O–H groups in total. The first-order valence-corrected chi connectivity index (χ1v) is 9.86. The van der Waals surface area contributed by atoms with Crippen LogP contribution in [0.15, 0.2) is 104 Å². The SMILES string of the molecule is C=Cc1ccc(C(C)(c2ccc(OC(F)=C(F)F)cc2)c2ccc(OC(F)=C(F)F)cc2)cc1. The van der Waals surface area contributed by atoms with Gasteiger partial charge in [-0.1, -0.05) is 61.2 Å². The lowest BCUT2D eigenvalue weighted by Gasteiger charge is -2.32. The fraction of sp³-hybridized carbons (Fsp3) is 0.0769. The molecule has 2 nitrogen and oxygen atoms in total. The molecule has 3 aromatic carbocycles. The fourth-order valence-corrected chi connectivity index (χ4v) is 3.45. The Morgan fingerprint density at radius 2 is 0.941 bits per heavy atom. The molecule has 0 amide bonds. The van der Waals surface area contributed by atoms with Crippen LogP contribution in [0, 0.1) is 0 Å². The highest BCUT2D eigenvalue weighted by Crippen LogP contribution is 2.40. The molecule has 3 aromatic rings. The van der Waals surface area contributed by atoms with Gasteiger partial charge in [-0.3, -0.25) is 0 Å². The Morgan fingerprint density at radius 1 is 0.618 bits per heavy atom. The van der Waals surface area contributed by atoms with Gasteiger partial charge in [-0.2, -0.15) is 26.3 Å². The summed E-state index contributed by atoms with van der Waals surface area (Å²) in [6.45, 7) is 5.61. The van der Waals surface area contributed by atoms with Gasteiger partial charge in [0.25, 0.3) is 0 Å². The van der Waals surface area contributed by atoms with Crippen molar-refractivity contribution in [2.75, 3.05) is 0 Å². The molecule has 0 fully saturated rings. The van der Waals surface area contributed by atoms with E-state index in [1.54, 1.807) is 30.3 Å². The minimum atomic E-state index is -2.57. The van der Waals surface area contributed by atoms with Gasteiger partial charge in [0.1, 0.15) is 11.5 Å². The lowest BCUT2D eigenvalue weighted by Crippen LogP contribution is -2.25. The summed E-state index contributed by atoms with van der Waals surface area (Å²) in [7, 11) is 0. The van der Waals surface area contributed by atoms with Gasteiger partial charge in [0.15, 0.2) is 0 Å². The van der Waals surface area contributed by atoms with Crippen molar-refractivity contribution in [1.82, 2.24) is 0 Å². The molecule has 3 rings (SSSR count). The molecule has 0 aliphatic rings. The van der Waals surface area contributed by atoms with Crippen molar-refractivity contribution in [3.05, 3.63) is 126 Å². The van der Waals surface area contributed by atoms with Crippen LogP contribution in [0.2, 0.25) is 0 Å². The van der Waals surface area contributed by atoms with E-state index in [-0.39, 0.29) is 11.5 Å². The van der Waals surface area contributed by atoms with E-state index < -0.39 is 29.6 Å². The molecular weight excluding hydrogens is 458 g/mol. The van der Waals surface area contributed by atoms with Crippen molar-refractivity contribution in [1.29, 1.82) is 0 Å². The van der Waals surface area contributed by atoms with Gasteiger partial charge in [0, 0.05) is 5.41 Å². The third kappa shape index (κ3) is 5.33. The van der Waals surface area contributed by atoms with Crippen molar-refractivity contribution >= 4 is 6.08 Å². The van der Waals surface area contributed by atoms with E-state index in [9.17, 15) is 26.3 Å². The fourth-order valence-electron chi connectivity index (χ4n) is 3.45. The number of benzene rings is 3. The van der Waals surface area contributed by atoms with Crippen LogP contribution >= 0.6 is 0 Å². The molecule has 0 unspecified atom stereocenters. The summed E-state index contributed by atoms with van der Waals surface area (Å²) in [5.41, 5.74) is 2.24. The third-order valence-electron chi connectivity index (χ3n) is 5.30. The van der Waals surface area contributed by atoms with Crippen molar-refractivity contribution in [3.63, 3.8) is 0 Å². The number of rotatable bonds is 8. The van der Waals surface area contributed by atoms with Crippen molar-refractivity contribution < 1.29 is 35.8 Å². The number of ether oxygens (including phenoxy) is 2. The summed E-state index contributed by atoms with van der Waals surface area (Å²) in [5.74, 6) is -0.254. The van der Waals surface area contributed by atoms with Crippen LogP contribution in [0.1, 0.15) is 29.2 Å². The highest BCUT2D eigenvalue weighted by Gasteiger charge is 2.31. The van der Waals surface area contributed by atoms with Crippen LogP contribution in [0.25, 0.3) is 6.08 Å². The van der Waals surface area contributed by atoms with Gasteiger partial charge < -0.3 is 9.47 Å². The monoisotopic (exact) mass is 476 g/mol. The first kappa shape index (κ1) is 24.7. The third-order valence-corrected chi connectivity index (χ3v) is 5.30. The summed E-state index contributed by atoms with van der Waals surface area (Å²) in [5, 5.41) is 0. The predicted octanol–water partition coefficient (Wildman–Crippen LogP) is 8.51. The maximum Gasteiger partial charge on any atom is 0.344 e. The molecule has 34 heavy (non-hydrogen) atoms. The first-order chi connectivity index (χ1) is 16.1. The molecule has 0 heterocycles. The zero-order valence-corrected chi connectivity index (χ0v) is 17.8. The molecule has 176 valence electrons. The van der Waals surface area contributed by atoms with Gasteiger partial charge in [0.05, 0.1) is 0 Å². The summed E-state index contributed by atoms with van der Waals surface area (Å²) < 4.78 is 84.6.